The molecule has 0 heteroatoms. The summed E-state index contributed by atoms with van der Waals surface area (Å²) in [5, 5.41) is 0. The molecule has 0 fully saturated rings. The van der Waals surface area contributed by atoms with Crippen molar-refractivity contribution in [2.75, 3.05) is 0 Å². The summed E-state index contributed by atoms with van der Waals surface area (Å²) in [5.74, 6) is 0. The van der Waals surface area contributed by atoms with Crippen molar-refractivity contribution in [1.82, 2.24) is 0 Å². The molecule has 1 radical (unpaired) electrons. The van der Waals surface area contributed by atoms with Gasteiger partial charge in [0.1, 0.15) is 0 Å². The molecule has 0 amide bonds. The van der Waals surface area contributed by atoms with Crippen LogP contribution >= 0.6 is 0 Å². The Balaban J connectivity index is 3.07. The Labute approximate surface area is 51.9 Å². The molecule has 0 aliphatic rings. The van der Waals surface area contributed by atoms with E-state index in [9.17, 15) is 0 Å². The predicted molar refractivity (Wildman–Crippen MR) is 38.5 cm³/mol. The molecule has 0 aromatic carbocycles. The van der Waals surface area contributed by atoms with Crippen molar-refractivity contribution in [2.45, 2.75) is 19.8 Å². The van der Waals surface area contributed by atoms with Gasteiger partial charge in [0.25, 0.3) is 0 Å². The third-order valence-corrected chi connectivity index (χ3v) is 0.839. The van der Waals surface area contributed by atoms with Crippen LogP contribution in [0.15, 0.2) is 24.3 Å². The quantitative estimate of drug-likeness (QED) is 0.489. The molecule has 0 aromatic rings. The fourth-order valence-corrected chi connectivity index (χ4v) is 0.420. The summed E-state index contributed by atoms with van der Waals surface area (Å²) in [6, 6.07) is 0. The van der Waals surface area contributed by atoms with Crippen molar-refractivity contribution in [3.63, 3.8) is 0 Å². The van der Waals surface area contributed by atoms with Crippen LogP contribution in [-0.4, -0.2) is 0 Å². The van der Waals surface area contributed by atoms with Gasteiger partial charge in [0, 0.05) is 0 Å². The molecule has 0 rings (SSSR count). The average Bonchev–Trinajstić information content (AvgIpc) is 1.81. The van der Waals surface area contributed by atoms with Crippen molar-refractivity contribution in [1.29, 1.82) is 0 Å². The topological polar surface area (TPSA) is 0 Å². The van der Waals surface area contributed by atoms with E-state index >= 15 is 0 Å². The third kappa shape index (κ3) is 5.48. The monoisotopic (exact) mass is 109 g/mol. The average molecular weight is 109 g/mol. The fourth-order valence-electron chi connectivity index (χ4n) is 0.420. The van der Waals surface area contributed by atoms with E-state index in [4.69, 9.17) is 0 Å². The lowest BCUT2D eigenvalue weighted by molar-refractivity contribution is 0.959. The minimum absolute atomic E-state index is 1.17. The molecule has 0 saturated heterocycles. The zero-order valence-corrected chi connectivity index (χ0v) is 5.43. The van der Waals surface area contributed by atoms with E-state index in [1.807, 2.05) is 12.2 Å². The molecule has 8 heavy (non-hydrogen) atoms. The number of hydrogen-bond donors (Lipinski definition) is 0. The summed E-state index contributed by atoms with van der Waals surface area (Å²) in [5.41, 5.74) is 0. The first-order valence-corrected chi connectivity index (χ1v) is 3.02. The van der Waals surface area contributed by atoms with Gasteiger partial charge in [0.05, 0.1) is 0 Å². The molecule has 0 heterocycles. The summed E-state index contributed by atoms with van der Waals surface area (Å²) in [4.78, 5) is 0. The Morgan fingerprint density at radius 2 is 2.12 bits per heavy atom. The smallest absolute Gasteiger partial charge is 0.0313 e. The SMILES string of the molecule is [CH2]/C=C/C=C/CCC. The van der Waals surface area contributed by atoms with Crippen molar-refractivity contribution in [2.24, 2.45) is 0 Å². The standard InChI is InChI=1S/C8H13/c1-3-5-7-8-6-4-2/h3,5,7-8H,1,4,6H2,2H3/b5-3+,8-7+. The van der Waals surface area contributed by atoms with Crippen molar-refractivity contribution < 1.29 is 0 Å². The van der Waals surface area contributed by atoms with Crippen LogP contribution in [0.1, 0.15) is 19.8 Å². The van der Waals surface area contributed by atoms with E-state index in [0.29, 0.717) is 0 Å². The van der Waals surface area contributed by atoms with Gasteiger partial charge in [0.15, 0.2) is 0 Å². The molecule has 0 aromatic heterocycles. The zero-order chi connectivity index (χ0) is 6.24. The molecule has 0 atom stereocenters. The molecule has 0 nitrogen and oxygen atoms in total. The normalized spacial score (nSPS) is 11.8. The van der Waals surface area contributed by atoms with Crippen LogP contribution in [0, 0.1) is 6.92 Å². The molecule has 0 aliphatic carbocycles. The predicted octanol–water partition coefficient (Wildman–Crippen LogP) is 2.73. The molecule has 45 valence electrons. The molecule has 0 aliphatic heterocycles. The maximum Gasteiger partial charge on any atom is -0.0313 e. The lowest BCUT2D eigenvalue weighted by Crippen LogP contribution is -1.57. The van der Waals surface area contributed by atoms with Crippen LogP contribution in [0.25, 0.3) is 0 Å². The highest BCUT2D eigenvalue weighted by Crippen LogP contribution is 1.87. The Hall–Kier alpha value is -0.520. The highest BCUT2D eigenvalue weighted by Gasteiger charge is 1.67. The van der Waals surface area contributed by atoms with Crippen molar-refractivity contribution in [3.8, 4) is 0 Å². The van der Waals surface area contributed by atoms with Gasteiger partial charge in [-0.05, 0) is 13.3 Å². The van der Waals surface area contributed by atoms with Crippen LogP contribution in [-0.2, 0) is 0 Å². The van der Waals surface area contributed by atoms with Gasteiger partial charge in [0.2, 0.25) is 0 Å². The van der Waals surface area contributed by atoms with Gasteiger partial charge in [-0.15, -0.1) is 0 Å². The van der Waals surface area contributed by atoms with E-state index < -0.39 is 0 Å². The molecule has 0 bridgehead atoms. The molecular weight excluding hydrogens is 96.1 g/mol. The summed E-state index contributed by atoms with van der Waals surface area (Å²) < 4.78 is 0. The summed E-state index contributed by atoms with van der Waals surface area (Å²) in [6.45, 7) is 5.72. The fraction of sp³-hybridized carbons (Fsp3) is 0.375. The van der Waals surface area contributed by atoms with Crippen LogP contribution in [0.4, 0.5) is 0 Å². The number of allylic oxidation sites excluding steroid dienone is 4. The first kappa shape index (κ1) is 7.48. The Morgan fingerprint density at radius 3 is 2.62 bits per heavy atom. The maximum atomic E-state index is 3.55. The van der Waals surface area contributed by atoms with Gasteiger partial charge in [-0.25, -0.2) is 0 Å². The van der Waals surface area contributed by atoms with Crippen LogP contribution in [0.2, 0.25) is 0 Å². The van der Waals surface area contributed by atoms with E-state index in [0.717, 1.165) is 0 Å². The summed E-state index contributed by atoms with van der Waals surface area (Å²) >= 11 is 0. The maximum absolute atomic E-state index is 3.55. The number of unbranched alkanes of at least 4 members (excludes halogenated alkanes) is 1. The highest BCUT2D eigenvalue weighted by atomic mass is 13.7. The van der Waals surface area contributed by atoms with E-state index in [1.54, 1.807) is 6.08 Å². The second-order valence-corrected chi connectivity index (χ2v) is 1.64. The molecule has 0 unspecified atom stereocenters. The second kappa shape index (κ2) is 6.48. The van der Waals surface area contributed by atoms with Gasteiger partial charge in [-0.2, -0.15) is 0 Å². The van der Waals surface area contributed by atoms with Gasteiger partial charge >= 0.3 is 0 Å². The Bertz CT molecular complexity index is 78.0. The minimum atomic E-state index is 1.17. The molecule has 0 N–H and O–H groups in total. The van der Waals surface area contributed by atoms with E-state index in [2.05, 4.69) is 19.9 Å². The summed E-state index contributed by atoms with van der Waals surface area (Å²) in [7, 11) is 0. The molecule has 0 spiro atoms. The van der Waals surface area contributed by atoms with Crippen molar-refractivity contribution in [3.05, 3.63) is 31.2 Å². The largest absolute Gasteiger partial charge is 0.0846 e. The summed E-state index contributed by atoms with van der Waals surface area (Å²) in [6.07, 6.45) is 10.3. The van der Waals surface area contributed by atoms with Gasteiger partial charge < -0.3 is 0 Å². The van der Waals surface area contributed by atoms with Gasteiger partial charge in [-0.1, -0.05) is 37.6 Å². The lowest BCUT2D eigenvalue weighted by atomic mass is 10.3. The minimum Gasteiger partial charge on any atom is -0.0846 e. The van der Waals surface area contributed by atoms with E-state index in [-0.39, 0.29) is 0 Å². The third-order valence-electron chi connectivity index (χ3n) is 0.839. The van der Waals surface area contributed by atoms with E-state index in [1.165, 1.54) is 12.8 Å². The first-order chi connectivity index (χ1) is 3.91. The number of rotatable bonds is 3. The second-order valence-electron chi connectivity index (χ2n) is 1.64. The van der Waals surface area contributed by atoms with Gasteiger partial charge in [-0.3, -0.25) is 0 Å². The van der Waals surface area contributed by atoms with Crippen LogP contribution in [0.5, 0.6) is 0 Å². The first-order valence-electron chi connectivity index (χ1n) is 3.02. The van der Waals surface area contributed by atoms with Crippen molar-refractivity contribution >= 4 is 0 Å². The highest BCUT2D eigenvalue weighted by molar-refractivity contribution is 5.03. The van der Waals surface area contributed by atoms with Crippen LogP contribution in [0.3, 0.4) is 0 Å². The molecular formula is C8H13. The lowest BCUT2D eigenvalue weighted by Gasteiger charge is -1.78. The molecule has 0 saturated carbocycles. The zero-order valence-electron chi connectivity index (χ0n) is 5.43. The van der Waals surface area contributed by atoms with Crippen LogP contribution < -0.4 is 0 Å². The number of hydrogen-bond acceptors (Lipinski definition) is 0. The Morgan fingerprint density at radius 1 is 1.38 bits per heavy atom. The Kier molecular flexibility index (Phi) is 6.06.